The van der Waals surface area contributed by atoms with Crippen molar-refractivity contribution < 1.29 is 0 Å². The Morgan fingerprint density at radius 2 is 1.96 bits per heavy atom. The summed E-state index contributed by atoms with van der Waals surface area (Å²) in [5, 5.41) is 0. The summed E-state index contributed by atoms with van der Waals surface area (Å²) in [5.74, 6) is 0.624. The highest BCUT2D eigenvalue weighted by Gasteiger charge is 2.22. The summed E-state index contributed by atoms with van der Waals surface area (Å²) in [5.41, 5.74) is 6.52. The maximum absolute atomic E-state index is 12.6. The summed E-state index contributed by atoms with van der Waals surface area (Å²) >= 11 is 0. The Morgan fingerprint density at radius 1 is 1.15 bits per heavy atom. The van der Waals surface area contributed by atoms with Gasteiger partial charge in [0, 0.05) is 44.0 Å². The van der Waals surface area contributed by atoms with Crippen LogP contribution in [-0.2, 0) is 19.5 Å². The van der Waals surface area contributed by atoms with Crippen molar-refractivity contribution in [2.75, 3.05) is 6.54 Å². The molecule has 0 unspecified atom stereocenters. The van der Waals surface area contributed by atoms with Gasteiger partial charge in [-0.3, -0.25) is 14.7 Å². The van der Waals surface area contributed by atoms with E-state index in [1.807, 2.05) is 12.1 Å². The molecule has 0 aliphatic carbocycles. The van der Waals surface area contributed by atoms with Crippen LogP contribution in [0.5, 0.6) is 0 Å². The van der Waals surface area contributed by atoms with Crippen LogP contribution in [0, 0.1) is 13.8 Å². The molecule has 3 heterocycles. The third-order valence-electron chi connectivity index (χ3n) is 5.21. The van der Waals surface area contributed by atoms with Gasteiger partial charge in [0.05, 0.1) is 11.3 Å². The second-order valence-corrected chi connectivity index (χ2v) is 6.90. The van der Waals surface area contributed by atoms with E-state index in [1.54, 1.807) is 12.4 Å². The number of aromatic amines is 1. The van der Waals surface area contributed by atoms with E-state index in [-0.39, 0.29) is 5.56 Å². The molecule has 3 aromatic rings. The number of nitrogens with zero attached hydrogens (tertiary/aromatic N) is 3. The van der Waals surface area contributed by atoms with Gasteiger partial charge in [0.1, 0.15) is 5.82 Å². The number of benzene rings is 1. The van der Waals surface area contributed by atoms with Crippen molar-refractivity contribution in [3.05, 3.63) is 81.0 Å². The van der Waals surface area contributed by atoms with Crippen molar-refractivity contribution >= 4 is 0 Å². The molecule has 132 valence electrons. The number of pyridine rings is 1. The first-order valence-corrected chi connectivity index (χ1v) is 8.92. The summed E-state index contributed by atoms with van der Waals surface area (Å²) in [4.78, 5) is 26.6. The smallest absolute Gasteiger partial charge is 0.255 e. The molecule has 0 saturated carbocycles. The quantitative estimate of drug-likeness (QED) is 0.792. The highest BCUT2D eigenvalue weighted by molar-refractivity contribution is 5.54. The second kappa shape index (κ2) is 6.84. The van der Waals surface area contributed by atoms with Gasteiger partial charge in [-0.2, -0.15) is 0 Å². The van der Waals surface area contributed by atoms with Gasteiger partial charge >= 0.3 is 0 Å². The van der Waals surface area contributed by atoms with Crippen molar-refractivity contribution in [2.24, 2.45) is 0 Å². The minimum atomic E-state index is -0.0347. The van der Waals surface area contributed by atoms with Crippen molar-refractivity contribution in [1.29, 1.82) is 0 Å². The van der Waals surface area contributed by atoms with Crippen molar-refractivity contribution in [3.63, 3.8) is 0 Å². The van der Waals surface area contributed by atoms with E-state index in [9.17, 15) is 4.79 Å². The predicted octanol–water partition coefficient (Wildman–Crippen LogP) is 3.01. The fraction of sp³-hybridized carbons (Fsp3) is 0.286. The van der Waals surface area contributed by atoms with Gasteiger partial charge in [0.2, 0.25) is 0 Å². The number of aromatic nitrogens is 3. The summed E-state index contributed by atoms with van der Waals surface area (Å²) in [6, 6.07) is 10.1. The molecule has 4 rings (SSSR count). The first kappa shape index (κ1) is 16.7. The molecular weight excluding hydrogens is 324 g/mol. The van der Waals surface area contributed by atoms with Crippen LogP contribution < -0.4 is 5.56 Å². The van der Waals surface area contributed by atoms with Gasteiger partial charge in [0.15, 0.2) is 0 Å². The Balaban J connectivity index is 1.60. The van der Waals surface area contributed by atoms with E-state index in [0.29, 0.717) is 12.4 Å². The number of hydrogen-bond acceptors (Lipinski definition) is 4. The van der Waals surface area contributed by atoms with E-state index in [4.69, 9.17) is 4.98 Å². The van der Waals surface area contributed by atoms with Gasteiger partial charge in [-0.15, -0.1) is 0 Å². The lowest BCUT2D eigenvalue weighted by atomic mass is 10.0. The molecule has 26 heavy (non-hydrogen) atoms. The molecule has 2 aromatic heterocycles. The zero-order valence-corrected chi connectivity index (χ0v) is 15.1. The minimum absolute atomic E-state index is 0.0347. The average Bonchev–Trinajstić information content (AvgIpc) is 2.66. The highest BCUT2D eigenvalue weighted by atomic mass is 16.1. The summed E-state index contributed by atoms with van der Waals surface area (Å²) in [6.45, 7) is 6.71. The zero-order chi connectivity index (χ0) is 18.1. The Bertz CT molecular complexity index is 995. The number of nitrogens with one attached hydrogen (secondary N) is 1. The third-order valence-corrected chi connectivity index (χ3v) is 5.21. The fourth-order valence-electron chi connectivity index (χ4n) is 3.49. The molecule has 1 aromatic carbocycles. The minimum Gasteiger partial charge on any atom is -0.306 e. The fourth-order valence-corrected chi connectivity index (χ4v) is 3.49. The Kier molecular flexibility index (Phi) is 4.39. The Labute approximate surface area is 152 Å². The second-order valence-electron chi connectivity index (χ2n) is 6.90. The Hall–Kier alpha value is -2.79. The van der Waals surface area contributed by atoms with Crippen LogP contribution in [0.2, 0.25) is 0 Å². The maximum Gasteiger partial charge on any atom is 0.255 e. The zero-order valence-electron chi connectivity index (χ0n) is 15.1. The maximum atomic E-state index is 12.6. The largest absolute Gasteiger partial charge is 0.306 e. The number of rotatable bonds is 3. The van der Waals surface area contributed by atoms with E-state index in [2.05, 4.69) is 46.9 Å². The molecule has 1 N–H and O–H groups in total. The third kappa shape index (κ3) is 3.18. The van der Waals surface area contributed by atoms with Crippen LogP contribution in [0.25, 0.3) is 11.4 Å². The van der Waals surface area contributed by atoms with Crippen LogP contribution >= 0.6 is 0 Å². The number of H-pyrrole nitrogens is 1. The molecule has 5 heteroatoms. The van der Waals surface area contributed by atoms with Crippen molar-refractivity contribution in [1.82, 2.24) is 19.9 Å². The highest BCUT2D eigenvalue weighted by Crippen LogP contribution is 2.21. The van der Waals surface area contributed by atoms with Crippen molar-refractivity contribution in [3.8, 4) is 11.4 Å². The topological polar surface area (TPSA) is 61.9 Å². The van der Waals surface area contributed by atoms with Crippen LogP contribution in [0.3, 0.4) is 0 Å². The standard InChI is InChI=1S/C21H22N4O/c1-14-4-3-5-17(15(14)2)12-25-11-8-19-18(13-25)21(26)24-20(23-19)16-6-9-22-10-7-16/h3-7,9-10H,8,11-13H2,1-2H3,(H,23,24,26). The van der Waals surface area contributed by atoms with Crippen LogP contribution in [0.15, 0.2) is 47.5 Å². The molecule has 1 aliphatic heterocycles. The van der Waals surface area contributed by atoms with Gasteiger partial charge in [-0.1, -0.05) is 18.2 Å². The first-order valence-electron chi connectivity index (χ1n) is 8.92. The van der Waals surface area contributed by atoms with Crippen LogP contribution in [-0.4, -0.2) is 26.4 Å². The van der Waals surface area contributed by atoms with Gasteiger partial charge < -0.3 is 4.98 Å². The average molecular weight is 346 g/mol. The molecule has 0 spiro atoms. The monoisotopic (exact) mass is 346 g/mol. The molecular formula is C21H22N4O. The van der Waals surface area contributed by atoms with Crippen LogP contribution in [0.1, 0.15) is 27.9 Å². The SMILES string of the molecule is Cc1cccc(CN2CCc3nc(-c4ccncc4)[nH]c(=O)c3C2)c1C. The number of aryl methyl sites for hydroxylation is 1. The first-order chi connectivity index (χ1) is 12.6. The lowest BCUT2D eigenvalue weighted by Crippen LogP contribution is -2.35. The van der Waals surface area contributed by atoms with E-state index in [0.717, 1.165) is 36.3 Å². The summed E-state index contributed by atoms with van der Waals surface area (Å²) in [6.07, 6.45) is 4.21. The molecule has 5 nitrogen and oxygen atoms in total. The molecule has 1 aliphatic rings. The van der Waals surface area contributed by atoms with Gasteiger partial charge in [-0.05, 0) is 42.7 Å². The van der Waals surface area contributed by atoms with Gasteiger partial charge in [0.25, 0.3) is 5.56 Å². The van der Waals surface area contributed by atoms with E-state index >= 15 is 0 Å². The van der Waals surface area contributed by atoms with Crippen molar-refractivity contribution in [2.45, 2.75) is 33.4 Å². The normalized spacial score (nSPS) is 14.2. The number of hydrogen-bond donors (Lipinski definition) is 1. The lowest BCUT2D eigenvalue weighted by molar-refractivity contribution is 0.241. The molecule has 0 bridgehead atoms. The molecule has 0 saturated heterocycles. The molecule has 0 atom stereocenters. The lowest BCUT2D eigenvalue weighted by Gasteiger charge is -2.28. The molecule has 0 fully saturated rings. The van der Waals surface area contributed by atoms with E-state index < -0.39 is 0 Å². The van der Waals surface area contributed by atoms with E-state index in [1.165, 1.54) is 16.7 Å². The molecule has 0 amide bonds. The summed E-state index contributed by atoms with van der Waals surface area (Å²) < 4.78 is 0. The predicted molar refractivity (Wildman–Crippen MR) is 102 cm³/mol. The Morgan fingerprint density at radius 3 is 2.77 bits per heavy atom. The number of fused-ring (bicyclic) bond motifs is 1. The molecule has 0 radical (unpaired) electrons. The van der Waals surface area contributed by atoms with Gasteiger partial charge in [-0.25, -0.2) is 4.98 Å². The summed E-state index contributed by atoms with van der Waals surface area (Å²) in [7, 11) is 0. The van der Waals surface area contributed by atoms with Crippen LogP contribution in [0.4, 0.5) is 0 Å².